The van der Waals surface area contributed by atoms with E-state index in [9.17, 15) is 0 Å². The molecule has 0 saturated heterocycles. The van der Waals surface area contributed by atoms with Crippen molar-refractivity contribution in [3.8, 4) is 5.75 Å². The lowest BCUT2D eigenvalue weighted by molar-refractivity contribution is 0.407. The van der Waals surface area contributed by atoms with Gasteiger partial charge in [-0.15, -0.1) is 0 Å². The smallest absolute Gasteiger partial charge is 0.123 e. The number of nitrogens with one attached hydrogen (secondary N) is 1. The van der Waals surface area contributed by atoms with Crippen LogP contribution in [-0.4, -0.2) is 23.7 Å². The Morgan fingerprint density at radius 1 is 1.29 bits per heavy atom. The number of rotatable bonds is 5. The molecular formula is C17H23N3O. The lowest BCUT2D eigenvalue weighted by atomic mass is 10.0. The minimum absolute atomic E-state index is 0.836. The van der Waals surface area contributed by atoms with Gasteiger partial charge in [0.2, 0.25) is 0 Å². The SMILES string of the molecule is CNCc1ccc(OC)c(Cn2cnc3c2CCCC3)c1. The summed E-state index contributed by atoms with van der Waals surface area (Å²) in [6.07, 6.45) is 6.80. The predicted molar refractivity (Wildman–Crippen MR) is 83.7 cm³/mol. The third-order valence-electron chi connectivity index (χ3n) is 4.18. The minimum atomic E-state index is 0.836. The Bertz CT molecular complexity index is 618. The number of aryl methyl sites for hydroxylation is 1. The third-order valence-corrected chi connectivity index (χ3v) is 4.18. The van der Waals surface area contributed by atoms with Gasteiger partial charge in [-0.25, -0.2) is 4.98 Å². The highest BCUT2D eigenvalue weighted by molar-refractivity contribution is 5.38. The molecule has 2 aromatic rings. The zero-order valence-corrected chi connectivity index (χ0v) is 12.9. The highest BCUT2D eigenvalue weighted by Gasteiger charge is 2.16. The van der Waals surface area contributed by atoms with Gasteiger partial charge in [-0.1, -0.05) is 6.07 Å². The van der Waals surface area contributed by atoms with Gasteiger partial charge in [-0.05, 0) is 50.4 Å². The first-order valence-corrected chi connectivity index (χ1v) is 7.65. The van der Waals surface area contributed by atoms with E-state index in [4.69, 9.17) is 4.74 Å². The van der Waals surface area contributed by atoms with E-state index in [-0.39, 0.29) is 0 Å². The zero-order chi connectivity index (χ0) is 14.7. The molecule has 0 unspecified atom stereocenters. The molecule has 4 nitrogen and oxygen atoms in total. The molecule has 1 aliphatic rings. The monoisotopic (exact) mass is 285 g/mol. The molecule has 4 heteroatoms. The Kier molecular flexibility index (Phi) is 4.25. The van der Waals surface area contributed by atoms with Crippen molar-refractivity contribution >= 4 is 0 Å². The van der Waals surface area contributed by atoms with E-state index < -0.39 is 0 Å². The molecule has 0 saturated carbocycles. The number of hydrogen-bond donors (Lipinski definition) is 1. The summed E-state index contributed by atoms with van der Waals surface area (Å²) < 4.78 is 7.80. The van der Waals surface area contributed by atoms with Crippen molar-refractivity contribution in [1.29, 1.82) is 0 Å². The first-order valence-electron chi connectivity index (χ1n) is 7.65. The molecule has 1 heterocycles. The molecule has 1 aromatic carbocycles. The van der Waals surface area contributed by atoms with E-state index in [0.717, 1.165) is 31.7 Å². The van der Waals surface area contributed by atoms with Crippen molar-refractivity contribution in [2.75, 3.05) is 14.2 Å². The van der Waals surface area contributed by atoms with Gasteiger partial charge in [0.15, 0.2) is 0 Å². The summed E-state index contributed by atoms with van der Waals surface area (Å²) in [6.45, 7) is 1.71. The molecule has 0 bridgehead atoms. The van der Waals surface area contributed by atoms with Crippen LogP contribution in [0.25, 0.3) is 0 Å². The molecule has 0 fully saturated rings. The highest BCUT2D eigenvalue weighted by Crippen LogP contribution is 2.25. The van der Waals surface area contributed by atoms with Gasteiger partial charge in [0.25, 0.3) is 0 Å². The summed E-state index contributed by atoms with van der Waals surface area (Å²) in [5, 5.41) is 3.20. The van der Waals surface area contributed by atoms with Crippen LogP contribution in [-0.2, 0) is 25.9 Å². The Hall–Kier alpha value is -1.81. The van der Waals surface area contributed by atoms with Crippen LogP contribution in [0.4, 0.5) is 0 Å². The van der Waals surface area contributed by atoms with E-state index in [1.807, 2.05) is 13.4 Å². The number of hydrogen-bond acceptors (Lipinski definition) is 3. The van der Waals surface area contributed by atoms with Gasteiger partial charge in [-0.3, -0.25) is 0 Å². The maximum absolute atomic E-state index is 5.52. The molecular weight excluding hydrogens is 262 g/mol. The summed E-state index contributed by atoms with van der Waals surface area (Å²) in [5.74, 6) is 0.952. The van der Waals surface area contributed by atoms with Crippen LogP contribution in [0.5, 0.6) is 5.75 Å². The number of aromatic nitrogens is 2. The second-order valence-electron chi connectivity index (χ2n) is 5.65. The molecule has 1 aliphatic carbocycles. The first kappa shape index (κ1) is 14.1. The van der Waals surface area contributed by atoms with Crippen LogP contribution in [0.1, 0.15) is 35.4 Å². The second kappa shape index (κ2) is 6.31. The van der Waals surface area contributed by atoms with Crippen molar-refractivity contribution < 1.29 is 4.74 Å². The molecule has 0 spiro atoms. The topological polar surface area (TPSA) is 39.1 Å². The van der Waals surface area contributed by atoms with Crippen molar-refractivity contribution in [2.24, 2.45) is 0 Å². The molecule has 0 atom stereocenters. The van der Waals surface area contributed by atoms with Gasteiger partial charge in [0.1, 0.15) is 5.75 Å². The Morgan fingerprint density at radius 2 is 2.14 bits per heavy atom. The summed E-state index contributed by atoms with van der Waals surface area (Å²) >= 11 is 0. The standard InChI is InChI=1S/C17H23N3O/c1-18-10-13-7-8-17(21-2)14(9-13)11-20-12-19-15-5-3-4-6-16(15)20/h7-9,12,18H,3-6,10-11H2,1-2H3. The maximum Gasteiger partial charge on any atom is 0.123 e. The second-order valence-corrected chi connectivity index (χ2v) is 5.65. The average molecular weight is 285 g/mol. The van der Waals surface area contributed by atoms with Crippen LogP contribution in [0, 0.1) is 0 Å². The number of nitrogens with zero attached hydrogens (tertiary/aromatic N) is 2. The Balaban J connectivity index is 1.89. The van der Waals surface area contributed by atoms with Gasteiger partial charge < -0.3 is 14.6 Å². The van der Waals surface area contributed by atoms with Crippen LogP contribution >= 0.6 is 0 Å². The highest BCUT2D eigenvalue weighted by atomic mass is 16.5. The molecule has 1 aromatic heterocycles. The fraction of sp³-hybridized carbons (Fsp3) is 0.471. The summed E-state index contributed by atoms with van der Waals surface area (Å²) in [6, 6.07) is 6.40. The lowest BCUT2D eigenvalue weighted by Gasteiger charge is -2.16. The van der Waals surface area contributed by atoms with Crippen LogP contribution in [0.15, 0.2) is 24.5 Å². The summed E-state index contributed by atoms with van der Waals surface area (Å²) in [5.41, 5.74) is 5.19. The van der Waals surface area contributed by atoms with Crippen LogP contribution in [0.2, 0.25) is 0 Å². The molecule has 3 rings (SSSR count). The maximum atomic E-state index is 5.52. The summed E-state index contributed by atoms with van der Waals surface area (Å²) in [7, 11) is 3.70. The predicted octanol–water partition coefficient (Wildman–Crippen LogP) is 2.54. The van der Waals surface area contributed by atoms with Crippen molar-refractivity contribution in [2.45, 2.75) is 38.8 Å². The number of benzene rings is 1. The number of ether oxygens (including phenoxy) is 1. The van der Waals surface area contributed by atoms with Crippen molar-refractivity contribution in [1.82, 2.24) is 14.9 Å². The molecule has 0 amide bonds. The molecule has 0 aliphatic heterocycles. The number of fused-ring (bicyclic) bond motifs is 1. The quantitative estimate of drug-likeness (QED) is 0.917. The lowest BCUT2D eigenvalue weighted by Crippen LogP contribution is -2.10. The van der Waals surface area contributed by atoms with Crippen molar-refractivity contribution in [3.63, 3.8) is 0 Å². The van der Waals surface area contributed by atoms with Crippen molar-refractivity contribution in [3.05, 3.63) is 47.0 Å². The Morgan fingerprint density at radius 3 is 2.95 bits per heavy atom. The average Bonchev–Trinajstić information content (AvgIpc) is 2.91. The number of imidazole rings is 1. The summed E-state index contributed by atoms with van der Waals surface area (Å²) in [4.78, 5) is 4.58. The first-order chi connectivity index (χ1) is 10.3. The van der Waals surface area contributed by atoms with Gasteiger partial charge >= 0.3 is 0 Å². The third kappa shape index (κ3) is 2.95. The van der Waals surface area contributed by atoms with Gasteiger partial charge in [0, 0.05) is 17.8 Å². The van der Waals surface area contributed by atoms with E-state index in [0.29, 0.717) is 0 Å². The fourth-order valence-corrected chi connectivity index (χ4v) is 3.12. The van der Waals surface area contributed by atoms with E-state index in [2.05, 4.69) is 33.1 Å². The van der Waals surface area contributed by atoms with E-state index in [1.165, 1.54) is 35.4 Å². The largest absolute Gasteiger partial charge is 0.496 e. The number of methoxy groups -OCH3 is 1. The van der Waals surface area contributed by atoms with Crippen LogP contribution in [0.3, 0.4) is 0 Å². The van der Waals surface area contributed by atoms with E-state index >= 15 is 0 Å². The fourth-order valence-electron chi connectivity index (χ4n) is 3.12. The minimum Gasteiger partial charge on any atom is -0.496 e. The molecule has 112 valence electrons. The van der Waals surface area contributed by atoms with Gasteiger partial charge in [-0.2, -0.15) is 0 Å². The van der Waals surface area contributed by atoms with Gasteiger partial charge in [0.05, 0.1) is 25.7 Å². The zero-order valence-electron chi connectivity index (χ0n) is 12.9. The van der Waals surface area contributed by atoms with E-state index in [1.54, 1.807) is 7.11 Å². The molecule has 21 heavy (non-hydrogen) atoms. The Labute approximate surface area is 126 Å². The normalized spacial score (nSPS) is 14.0. The molecule has 0 radical (unpaired) electrons. The molecule has 1 N–H and O–H groups in total. The van der Waals surface area contributed by atoms with Crippen LogP contribution < -0.4 is 10.1 Å².